The van der Waals surface area contributed by atoms with E-state index in [1.165, 1.54) is 5.56 Å². The Morgan fingerprint density at radius 1 is 1.03 bits per heavy atom. The van der Waals surface area contributed by atoms with Crippen LogP contribution in [0.25, 0.3) is 11.5 Å². The van der Waals surface area contributed by atoms with Crippen LogP contribution in [0.5, 0.6) is 11.5 Å². The molecule has 2 aromatic heterocycles. The van der Waals surface area contributed by atoms with Gasteiger partial charge in [-0.1, -0.05) is 24.3 Å². The van der Waals surface area contributed by atoms with E-state index >= 15 is 0 Å². The Bertz CT molecular complexity index is 1260. The van der Waals surface area contributed by atoms with E-state index in [9.17, 15) is 4.79 Å². The van der Waals surface area contributed by atoms with Crippen molar-refractivity contribution < 1.29 is 23.8 Å². The van der Waals surface area contributed by atoms with Crippen LogP contribution in [0.4, 0.5) is 0 Å². The molecular weight excluding hydrogens is 444 g/mol. The van der Waals surface area contributed by atoms with Crippen LogP contribution in [-0.4, -0.2) is 33.8 Å². The number of hydrogen-bond donors (Lipinski definition) is 1. The second-order valence-electron chi connectivity index (χ2n) is 8.42. The first-order valence-corrected chi connectivity index (χ1v) is 11.7. The lowest BCUT2D eigenvalue weighted by Crippen LogP contribution is -2.09. The van der Waals surface area contributed by atoms with Gasteiger partial charge in [-0.05, 0) is 55.7 Å². The van der Waals surface area contributed by atoms with Crippen LogP contribution in [0, 0.1) is 13.8 Å². The van der Waals surface area contributed by atoms with Gasteiger partial charge in [-0.25, -0.2) is 4.98 Å². The highest BCUT2D eigenvalue weighted by Gasteiger charge is 2.12. The molecule has 0 bridgehead atoms. The summed E-state index contributed by atoms with van der Waals surface area (Å²) in [7, 11) is 0. The zero-order valence-corrected chi connectivity index (χ0v) is 20.1. The lowest BCUT2D eigenvalue weighted by atomic mass is 10.1. The standard InChI is InChI=1S/C28H30N2O5/c1-20-12-14-30(19-20)15-17-34-26-18-24(10-8-22(26)9-11-27(31)32)33-16-13-25-21(2)35-28(29-25)23-6-4-3-5-7-23/h3-8,10,12,14,18-19H,9,11,13,15-17H2,1-2H3,(H,31,32). The van der Waals surface area contributed by atoms with E-state index in [-0.39, 0.29) is 6.42 Å². The molecule has 1 N–H and O–H groups in total. The third-order valence-electron chi connectivity index (χ3n) is 5.67. The monoisotopic (exact) mass is 474 g/mol. The topological polar surface area (TPSA) is 86.7 Å². The van der Waals surface area contributed by atoms with Crippen molar-refractivity contribution in [2.45, 2.75) is 39.7 Å². The van der Waals surface area contributed by atoms with Crippen molar-refractivity contribution in [1.82, 2.24) is 9.55 Å². The Hall–Kier alpha value is -4.00. The highest BCUT2D eigenvalue weighted by Crippen LogP contribution is 2.27. The fraction of sp³-hybridized carbons (Fsp3) is 0.286. The summed E-state index contributed by atoms with van der Waals surface area (Å²) in [4.78, 5) is 15.7. The summed E-state index contributed by atoms with van der Waals surface area (Å²) >= 11 is 0. The van der Waals surface area contributed by atoms with Crippen molar-refractivity contribution in [2.24, 2.45) is 0 Å². The normalized spacial score (nSPS) is 10.9. The predicted molar refractivity (Wildman–Crippen MR) is 133 cm³/mol. The summed E-state index contributed by atoms with van der Waals surface area (Å²) in [6.45, 7) is 5.55. The van der Waals surface area contributed by atoms with E-state index in [1.807, 2.05) is 74.6 Å². The first-order chi connectivity index (χ1) is 17.0. The third-order valence-corrected chi connectivity index (χ3v) is 5.67. The molecule has 4 aromatic rings. The third kappa shape index (κ3) is 6.76. The number of benzene rings is 2. The summed E-state index contributed by atoms with van der Waals surface area (Å²) < 4.78 is 19.9. The van der Waals surface area contributed by atoms with Gasteiger partial charge in [0.2, 0.25) is 5.89 Å². The zero-order chi connectivity index (χ0) is 24.6. The van der Waals surface area contributed by atoms with Crippen molar-refractivity contribution in [2.75, 3.05) is 13.2 Å². The Labute approximate surface area is 205 Å². The summed E-state index contributed by atoms with van der Waals surface area (Å²) in [5, 5.41) is 9.09. The molecule has 0 aliphatic heterocycles. The van der Waals surface area contributed by atoms with E-state index in [2.05, 4.69) is 15.7 Å². The second-order valence-corrected chi connectivity index (χ2v) is 8.42. The van der Waals surface area contributed by atoms with Crippen molar-refractivity contribution in [3.63, 3.8) is 0 Å². The van der Waals surface area contributed by atoms with E-state index in [1.54, 1.807) is 0 Å². The molecule has 7 heteroatoms. The fourth-order valence-corrected chi connectivity index (χ4v) is 3.80. The highest BCUT2D eigenvalue weighted by molar-refractivity contribution is 5.67. The first-order valence-electron chi connectivity index (χ1n) is 11.7. The Balaban J connectivity index is 1.38. The molecule has 0 atom stereocenters. The highest BCUT2D eigenvalue weighted by atomic mass is 16.5. The Morgan fingerprint density at radius 2 is 1.86 bits per heavy atom. The molecular formula is C28H30N2O5. The van der Waals surface area contributed by atoms with Crippen LogP contribution in [0.15, 0.2) is 71.4 Å². The van der Waals surface area contributed by atoms with Gasteiger partial charge >= 0.3 is 5.97 Å². The lowest BCUT2D eigenvalue weighted by molar-refractivity contribution is -0.136. The molecule has 0 amide bonds. The van der Waals surface area contributed by atoms with Crippen LogP contribution in [-0.2, 0) is 24.2 Å². The average molecular weight is 475 g/mol. The average Bonchev–Trinajstić information content (AvgIpc) is 3.44. The number of carboxylic acids is 1. The molecule has 0 saturated heterocycles. The number of aryl methyl sites for hydroxylation is 3. The summed E-state index contributed by atoms with van der Waals surface area (Å²) in [5.74, 6) is 1.86. The quantitative estimate of drug-likeness (QED) is 0.293. The SMILES string of the molecule is Cc1ccn(CCOc2cc(OCCc3nc(-c4ccccc4)oc3C)ccc2CCC(=O)O)c1. The zero-order valence-electron chi connectivity index (χ0n) is 20.1. The molecule has 0 fully saturated rings. The van der Waals surface area contributed by atoms with Gasteiger partial charge in [0, 0.05) is 36.9 Å². The smallest absolute Gasteiger partial charge is 0.303 e. The molecule has 2 aromatic carbocycles. The van der Waals surface area contributed by atoms with E-state index < -0.39 is 5.97 Å². The number of oxazole rings is 1. The summed E-state index contributed by atoms with van der Waals surface area (Å²) in [6, 6.07) is 17.4. The largest absolute Gasteiger partial charge is 0.493 e. The van der Waals surface area contributed by atoms with Crippen LogP contribution < -0.4 is 9.47 Å². The van der Waals surface area contributed by atoms with E-state index in [4.69, 9.17) is 19.0 Å². The maximum atomic E-state index is 11.1. The molecule has 0 spiro atoms. The van der Waals surface area contributed by atoms with Gasteiger partial charge in [0.1, 0.15) is 23.9 Å². The Kier molecular flexibility index (Phi) is 7.88. The number of hydrogen-bond acceptors (Lipinski definition) is 5. The number of rotatable bonds is 12. The number of carbonyl (C=O) groups is 1. The minimum atomic E-state index is -0.836. The minimum Gasteiger partial charge on any atom is -0.493 e. The van der Waals surface area contributed by atoms with Crippen molar-refractivity contribution in [3.8, 4) is 23.0 Å². The minimum absolute atomic E-state index is 0.0442. The van der Waals surface area contributed by atoms with Gasteiger partial charge < -0.3 is 23.6 Å². The second kappa shape index (κ2) is 11.4. The van der Waals surface area contributed by atoms with Gasteiger partial charge in [0.25, 0.3) is 0 Å². The van der Waals surface area contributed by atoms with Crippen LogP contribution in [0.2, 0.25) is 0 Å². The molecule has 182 valence electrons. The molecule has 0 aliphatic carbocycles. The number of aromatic nitrogens is 2. The number of nitrogens with zero attached hydrogens (tertiary/aromatic N) is 2. The van der Waals surface area contributed by atoms with Crippen LogP contribution in [0.3, 0.4) is 0 Å². The lowest BCUT2D eigenvalue weighted by Gasteiger charge is -2.14. The van der Waals surface area contributed by atoms with Crippen molar-refractivity contribution in [3.05, 3.63) is 89.6 Å². The molecule has 0 unspecified atom stereocenters. The Morgan fingerprint density at radius 3 is 2.60 bits per heavy atom. The maximum absolute atomic E-state index is 11.1. The van der Waals surface area contributed by atoms with E-state index in [0.717, 1.165) is 22.6 Å². The molecule has 7 nitrogen and oxygen atoms in total. The van der Waals surface area contributed by atoms with Gasteiger partial charge in [-0.15, -0.1) is 0 Å². The molecule has 0 aliphatic rings. The maximum Gasteiger partial charge on any atom is 0.303 e. The molecule has 4 rings (SSSR count). The number of aliphatic carboxylic acids is 1. The molecule has 0 radical (unpaired) electrons. The number of carboxylic acid groups (broad SMARTS) is 1. The fourth-order valence-electron chi connectivity index (χ4n) is 3.80. The van der Waals surface area contributed by atoms with Crippen molar-refractivity contribution >= 4 is 5.97 Å². The molecule has 35 heavy (non-hydrogen) atoms. The van der Waals surface area contributed by atoms with Crippen molar-refractivity contribution in [1.29, 1.82) is 0 Å². The summed E-state index contributed by atoms with van der Waals surface area (Å²) in [6.07, 6.45) is 5.12. The molecule has 0 saturated carbocycles. The van der Waals surface area contributed by atoms with E-state index in [0.29, 0.717) is 50.0 Å². The number of ether oxygens (including phenoxy) is 2. The predicted octanol–water partition coefficient (Wildman–Crippen LogP) is 5.48. The summed E-state index contributed by atoms with van der Waals surface area (Å²) in [5.41, 5.74) is 3.85. The van der Waals surface area contributed by atoms with Crippen LogP contribution in [0.1, 0.15) is 29.0 Å². The van der Waals surface area contributed by atoms with Crippen LogP contribution >= 0.6 is 0 Å². The van der Waals surface area contributed by atoms with Gasteiger partial charge in [0.05, 0.1) is 18.8 Å². The van der Waals surface area contributed by atoms with Gasteiger partial charge in [-0.2, -0.15) is 0 Å². The first kappa shape index (κ1) is 24.1. The van der Waals surface area contributed by atoms with Gasteiger partial charge in [-0.3, -0.25) is 4.79 Å². The van der Waals surface area contributed by atoms with Gasteiger partial charge in [0.15, 0.2) is 0 Å². The molecule has 2 heterocycles.